The predicted molar refractivity (Wildman–Crippen MR) is 93.9 cm³/mol. The minimum atomic E-state index is 0.354. The van der Waals surface area contributed by atoms with Gasteiger partial charge in [0.2, 0.25) is 0 Å². The summed E-state index contributed by atoms with van der Waals surface area (Å²) < 4.78 is 5.14. The Labute approximate surface area is 139 Å². The van der Waals surface area contributed by atoms with E-state index in [1.807, 2.05) is 43.5 Å². The third-order valence-corrected chi connectivity index (χ3v) is 3.64. The lowest BCUT2D eigenvalue weighted by atomic mass is 10.1. The molecule has 0 amide bonds. The summed E-state index contributed by atoms with van der Waals surface area (Å²) in [6.07, 6.45) is 3.60. The second-order valence-corrected chi connectivity index (χ2v) is 5.35. The Hall–Kier alpha value is -3.17. The zero-order chi connectivity index (χ0) is 16.9. The normalized spacial score (nSPS) is 11.0. The second kappa shape index (κ2) is 6.94. The number of nitrogens with one attached hydrogen (secondary N) is 2. The van der Waals surface area contributed by atoms with E-state index in [0.29, 0.717) is 18.0 Å². The van der Waals surface area contributed by atoms with E-state index >= 15 is 0 Å². The Bertz CT molecular complexity index is 936. The van der Waals surface area contributed by atoms with Gasteiger partial charge in [-0.05, 0) is 19.1 Å². The van der Waals surface area contributed by atoms with Crippen molar-refractivity contribution in [3.63, 3.8) is 0 Å². The summed E-state index contributed by atoms with van der Waals surface area (Å²) in [7, 11) is 1.60. The van der Waals surface area contributed by atoms with Crippen LogP contribution in [0.25, 0.3) is 10.9 Å². The van der Waals surface area contributed by atoms with Crippen LogP contribution in [0.1, 0.15) is 22.4 Å². The molecule has 6 nitrogen and oxygen atoms in total. The largest absolute Gasteiger partial charge is 0.380 e. The number of pyridine rings is 1. The summed E-state index contributed by atoms with van der Waals surface area (Å²) in [6.45, 7) is 2.22. The first-order valence-electron chi connectivity index (χ1n) is 7.47. The lowest BCUT2D eigenvalue weighted by Crippen LogP contribution is -2.03. The number of para-hydroxylation sites is 1. The topological polar surface area (TPSA) is 86.1 Å². The number of nitriles is 1. The fourth-order valence-electron chi connectivity index (χ4n) is 2.58. The standard InChI is InChI=1S/C18H17N5O/c1-12-7-13(11-24-2)16(8-19)18(22-12)23-21-10-14-9-20-17-6-4-3-5-15(14)17/h3-7,9-10,20H,11H2,1-2H3,(H,22,23)/b21-10-. The number of nitrogens with zero attached hydrogens (tertiary/aromatic N) is 3. The molecule has 2 aromatic heterocycles. The van der Waals surface area contributed by atoms with Gasteiger partial charge in [-0.2, -0.15) is 10.4 Å². The summed E-state index contributed by atoms with van der Waals surface area (Å²) in [5, 5.41) is 14.7. The highest BCUT2D eigenvalue weighted by Gasteiger charge is 2.10. The van der Waals surface area contributed by atoms with Gasteiger partial charge in [0.25, 0.3) is 0 Å². The lowest BCUT2D eigenvalue weighted by molar-refractivity contribution is 0.184. The molecule has 0 fully saturated rings. The van der Waals surface area contributed by atoms with E-state index in [-0.39, 0.29) is 0 Å². The van der Waals surface area contributed by atoms with Gasteiger partial charge in [-0.25, -0.2) is 4.98 Å². The molecule has 0 saturated heterocycles. The molecule has 3 rings (SSSR count). The smallest absolute Gasteiger partial charge is 0.164 e. The van der Waals surface area contributed by atoms with Gasteiger partial charge in [0.1, 0.15) is 11.6 Å². The number of rotatable bonds is 5. The Morgan fingerprint density at radius 1 is 1.42 bits per heavy atom. The number of benzene rings is 1. The van der Waals surface area contributed by atoms with E-state index in [4.69, 9.17) is 4.74 Å². The highest BCUT2D eigenvalue weighted by atomic mass is 16.5. The summed E-state index contributed by atoms with van der Waals surface area (Å²) in [5.74, 6) is 0.431. The van der Waals surface area contributed by atoms with Gasteiger partial charge in [-0.1, -0.05) is 18.2 Å². The second-order valence-electron chi connectivity index (χ2n) is 5.35. The zero-order valence-corrected chi connectivity index (χ0v) is 13.5. The molecule has 0 radical (unpaired) electrons. The van der Waals surface area contributed by atoms with Crippen LogP contribution in [0.5, 0.6) is 0 Å². The van der Waals surface area contributed by atoms with E-state index in [1.54, 1.807) is 13.3 Å². The number of ether oxygens (including phenoxy) is 1. The van der Waals surface area contributed by atoms with Gasteiger partial charge in [-0.3, -0.25) is 5.43 Å². The quantitative estimate of drug-likeness (QED) is 0.558. The third-order valence-electron chi connectivity index (χ3n) is 3.64. The van der Waals surface area contributed by atoms with E-state index < -0.39 is 0 Å². The van der Waals surface area contributed by atoms with Crippen molar-refractivity contribution in [1.29, 1.82) is 5.26 Å². The first-order chi connectivity index (χ1) is 11.7. The Kier molecular flexibility index (Phi) is 4.54. The van der Waals surface area contributed by atoms with Crippen molar-refractivity contribution in [2.45, 2.75) is 13.5 Å². The molecule has 0 aliphatic carbocycles. The molecule has 0 atom stereocenters. The van der Waals surface area contributed by atoms with Crippen molar-refractivity contribution in [2.24, 2.45) is 5.10 Å². The summed E-state index contributed by atoms with van der Waals surface area (Å²) in [6, 6.07) is 12.0. The fourth-order valence-corrected chi connectivity index (χ4v) is 2.58. The number of aryl methyl sites for hydroxylation is 1. The van der Waals surface area contributed by atoms with Crippen molar-refractivity contribution in [2.75, 3.05) is 12.5 Å². The molecular formula is C18H17N5O. The molecule has 1 aromatic carbocycles. The maximum atomic E-state index is 9.40. The molecule has 0 saturated carbocycles. The summed E-state index contributed by atoms with van der Waals surface area (Å²) in [5.41, 5.74) is 6.91. The monoisotopic (exact) mass is 319 g/mol. The molecular weight excluding hydrogens is 302 g/mol. The van der Waals surface area contributed by atoms with Crippen LogP contribution in [0.3, 0.4) is 0 Å². The fraction of sp³-hybridized carbons (Fsp3) is 0.167. The van der Waals surface area contributed by atoms with Crippen LogP contribution in [-0.2, 0) is 11.3 Å². The van der Waals surface area contributed by atoms with Crippen LogP contribution in [0.2, 0.25) is 0 Å². The average Bonchev–Trinajstić information content (AvgIpc) is 2.98. The Balaban J connectivity index is 1.87. The Morgan fingerprint density at radius 3 is 3.04 bits per heavy atom. The summed E-state index contributed by atoms with van der Waals surface area (Å²) >= 11 is 0. The number of fused-ring (bicyclic) bond motifs is 1. The number of aromatic nitrogens is 2. The van der Waals surface area contributed by atoms with Gasteiger partial charge < -0.3 is 9.72 Å². The number of methoxy groups -OCH3 is 1. The zero-order valence-electron chi connectivity index (χ0n) is 13.5. The molecule has 2 N–H and O–H groups in total. The van der Waals surface area contributed by atoms with Crippen LogP contribution in [-0.4, -0.2) is 23.3 Å². The molecule has 0 aliphatic rings. The van der Waals surface area contributed by atoms with Crippen molar-refractivity contribution in [1.82, 2.24) is 9.97 Å². The van der Waals surface area contributed by atoms with E-state index in [1.165, 1.54) is 0 Å². The molecule has 0 unspecified atom stereocenters. The van der Waals surface area contributed by atoms with Gasteiger partial charge in [0.05, 0.1) is 12.8 Å². The van der Waals surface area contributed by atoms with Crippen molar-refractivity contribution in [3.8, 4) is 6.07 Å². The van der Waals surface area contributed by atoms with Gasteiger partial charge in [0, 0.05) is 41.0 Å². The number of hydrogen-bond acceptors (Lipinski definition) is 5. The minimum Gasteiger partial charge on any atom is -0.380 e. The van der Waals surface area contributed by atoms with Gasteiger partial charge in [-0.15, -0.1) is 0 Å². The molecule has 6 heteroatoms. The average molecular weight is 319 g/mol. The van der Waals surface area contributed by atoms with Crippen LogP contribution in [0, 0.1) is 18.3 Å². The number of aromatic amines is 1. The van der Waals surface area contributed by atoms with Crippen molar-refractivity contribution < 1.29 is 4.74 Å². The lowest BCUT2D eigenvalue weighted by Gasteiger charge is -2.09. The number of anilines is 1. The highest BCUT2D eigenvalue weighted by molar-refractivity contribution is 5.99. The number of hydrogen-bond donors (Lipinski definition) is 2. The molecule has 0 bridgehead atoms. The molecule has 24 heavy (non-hydrogen) atoms. The van der Waals surface area contributed by atoms with E-state index in [9.17, 15) is 5.26 Å². The molecule has 3 aromatic rings. The van der Waals surface area contributed by atoms with Crippen molar-refractivity contribution >= 4 is 22.9 Å². The number of H-pyrrole nitrogens is 1. The highest BCUT2D eigenvalue weighted by Crippen LogP contribution is 2.20. The van der Waals surface area contributed by atoms with Gasteiger partial charge >= 0.3 is 0 Å². The third kappa shape index (κ3) is 3.12. The SMILES string of the molecule is COCc1cc(C)nc(N/N=C\c2c[nH]c3ccccc23)c1C#N. The molecule has 0 spiro atoms. The molecule has 2 heterocycles. The Morgan fingerprint density at radius 2 is 2.25 bits per heavy atom. The maximum absolute atomic E-state index is 9.40. The maximum Gasteiger partial charge on any atom is 0.164 e. The van der Waals surface area contributed by atoms with Crippen LogP contribution in [0.15, 0.2) is 41.6 Å². The minimum absolute atomic E-state index is 0.354. The van der Waals surface area contributed by atoms with Crippen LogP contribution < -0.4 is 5.43 Å². The number of hydrazone groups is 1. The molecule has 120 valence electrons. The first kappa shape index (κ1) is 15.7. The predicted octanol–water partition coefficient (Wildman–Crippen LogP) is 3.34. The van der Waals surface area contributed by atoms with E-state index in [0.717, 1.165) is 27.7 Å². The summed E-state index contributed by atoms with van der Waals surface area (Å²) in [4.78, 5) is 7.55. The first-order valence-corrected chi connectivity index (χ1v) is 7.47. The van der Waals surface area contributed by atoms with Crippen molar-refractivity contribution in [3.05, 3.63) is 58.9 Å². The van der Waals surface area contributed by atoms with Gasteiger partial charge in [0.15, 0.2) is 5.82 Å². The van der Waals surface area contributed by atoms with E-state index in [2.05, 4.69) is 26.6 Å². The van der Waals surface area contributed by atoms with Crippen LogP contribution in [0.4, 0.5) is 5.82 Å². The van der Waals surface area contributed by atoms with Crippen LogP contribution >= 0.6 is 0 Å². The molecule has 0 aliphatic heterocycles.